The Hall–Kier alpha value is -6.58. The molecule has 11 rings (SSSR count). The van der Waals surface area contributed by atoms with Gasteiger partial charge in [-0.05, 0) is 74.8 Å². The second kappa shape index (κ2) is 10.7. The molecule has 2 heterocycles. The molecule has 0 amide bonds. The highest BCUT2D eigenvalue weighted by Gasteiger charge is 2.37. The van der Waals surface area contributed by atoms with Crippen LogP contribution in [0.3, 0.4) is 0 Å². The van der Waals surface area contributed by atoms with E-state index in [9.17, 15) is 0 Å². The normalized spacial score (nSPS) is 13.3. The van der Waals surface area contributed by atoms with Gasteiger partial charge in [0, 0.05) is 38.1 Å². The fourth-order valence-corrected chi connectivity index (χ4v) is 8.85. The van der Waals surface area contributed by atoms with Crippen LogP contribution in [0, 0.1) is 0 Å². The summed E-state index contributed by atoms with van der Waals surface area (Å²) in [5.74, 6) is 0.728. The molecule has 3 nitrogen and oxygen atoms in total. The van der Waals surface area contributed by atoms with E-state index in [-0.39, 0.29) is 5.41 Å². The molecule has 10 aromatic rings. The summed E-state index contributed by atoms with van der Waals surface area (Å²) in [5, 5.41) is 8.52. The number of nitrogens with zero attached hydrogens (tertiary/aromatic N) is 3. The average Bonchev–Trinajstić information content (AvgIpc) is 3.64. The van der Waals surface area contributed by atoms with Crippen molar-refractivity contribution in [2.24, 2.45) is 0 Å². The smallest absolute Gasteiger partial charge is 0.160 e. The van der Waals surface area contributed by atoms with Crippen molar-refractivity contribution in [1.82, 2.24) is 14.5 Å². The molecule has 0 saturated heterocycles. The van der Waals surface area contributed by atoms with E-state index in [2.05, 4.69) is 164 Å². The molecule has 0 unspecified atom stereocenters. The molecule has 0 radical (unpaired) electrons. The zero-order chi connectivity index (χ0) is 34.6. The molecule has 244 valence electrons. The van der Waals surface area contributed by atoms with Crippen LogP contribution in [-0.4, -0.2) is 14.5 Å². The van der Waals surface area contributed by atoms with Crippen LogP contribution in [0.25, 0.3) is 93.7 Å². The van der Waals surface area contributed by atoms with E-state index in [4.69, 9.17) is 9.97 Å². The molecular weight excluding hydrogens is 631 g/mol. The third-order valence-corrected chi connectivity index (χ3v) is 11.3. The largest absolute Gasteiger partial charge is 0.309 e. The van der Waals surface area contributed by atoms with E-state index in [0.29, 0.717) is 0 Å². The summed E-state index contributed by atoms with van der Waals surface area (Å²) in [5.41, 5.74) is 12.8. The topological polar surface area (TPSA) is 30.7 Å². The Morgan fingerprint density at radius 1 is 0.462 bits per heavy atom. The van der Waals surface area contributed by atoms with Crippen LogP contribution in [-0.2, 0) is 5.41 Å². The van der Waals surface area contributed by atoms with Crippen LogP contribution in [0.1, 0.15) is 25.0 Å². The van der Waals surface area contributed by atoms with Crippen molar-refractivity contribution in [2.45, 2.75) is 19.3 Å². The molecule has 2 aromatic heterocycles. The van der Waals surface area contributed by atoms with Crippen molar-refractivity contribution < 1.29 is 0 Å². The first-order valence-corrected chi connectivity index (χ1v) is 18.0. The molecule has 0 aliphatic heterocycles. The van der Waals surface area contributed by atoms with Crippen molar-refractivity contribution in [2.75, 3.05) is 0 Å². The maximum absolute atomic E-state index is 5.29. The molecule has 0 spiro atoms. The number of hydrogen-bond acceptors (Lipinski definition) is 2. The summed E-state index contributed by atoms with van der Waals surface area (Å²) in [7, 11) is 0. The quantitative estimate of drug-likeness (QED) is 0.188. The number of para-hydroxylation sites is 2. The Kier molecular flexibility index (Phi) is 6.01. The van der Waals surface area contributed by atoms with Gasteiger partial charge in [0.15, 0.2) is 5.82 Å². The molecule has 0 atom stereocenters. The highest BCUT2D eigenvalue weighted by atomic mass is 15.0. The Bertz CT molecular complexity index is 3100. The zero-order valence-electron chi connectivity index (χ0n) is 28.9. The van der Waals surface area contributed by atoms with Gasteiger partial charge in [-0.25, -0.2) is 9.97 Å². The van der Waals surface area contributed by atoms with Gasteiger partial charge in [-0.1, -0.05) is 141 Å². The maximum Gasteiger partial charge on any atom is 0.160 e. The van der Waals surface area contributed by atoms with Crippen molar-refractivity contribution in [3.05, 3.63) is 175 Å². The lowest BCUT2D eigenvalue weighted by Gasteiger charge is -2.22. The van der Waals surface area contributed by atoms with E-state index in [0.717, 1.165) is 39.2 Å². The van der Waals surface area contributed by atoms with Gasteiger partial charge in [0.1, 0.15) is 0 Å². The third kappa shape index (κ3) is 4.08. The molecular formula is C49H33N3. The first-order valence-electron chi connectivity index (χ1n) is 18.0. The Morgan fingerprint density at radius 2 is 1.15 bits per heavy atom. The summed E-state index contributed by atoms with van der Waals surface area (Å²) in [6, 6.07) is 59.3. The van der Waals surface area contributed by atoms with Gasteiger partial charge in [-0.2, -0.15) is 0 Å². The SMILES string of the molecule is CC1(C)c2cc3c(cc2-c2c1ccc1ccccc21)c1ccccc1n3-c1cc(-c2nc(-c3ccccc3)nc3ccccc23)cc2ccccc12. The van der Waals surface area contributed by atoms with E-state index in [1.807, 2.05) is 18.2 Å². The summed E-state index contributed by atoms with van der Waals surface area (Å²) < 4.78 is 2.50. The minimum absolute atomic E-state index is 0.151. The number of aromatic nitrogens is 3. The van der Waals surface area contributed by atoms with Crippen LogP contribution < -0.4 is 0 Å². The van der Waals surface area contributed by atoms with Crippen molar-refractivity contribution >= 4 is 54.3 Å². The summed E-state index contributed by atoms with van der Waals surface area (Å²) in [4.78, 5) is 10.3. The van der Waals surface area contributed by atoms with E-state index in [1.165, 1.54) is 65.6 Å². The predicted octanol–water partition coefficient (Wildman–Crippen LogP) is 12.7. The van der Waals surface area contributed by atoms with Gasteiger partial charge in [0.25, 0.3) is 0 Å². The Labute approximate surface area is 301 Å². The van der Waals surface area contributed by atoms with E-state index >= 15 is 0 Å². The van der Waals surface area contributed by atoms with Gasteiger partial charge in [-0.15, -0.1) is 0 Å². The first kappa shape index (κ1) is 29.2. The highest BCUT2D eigenvalue weighted by Crippen LogP contribution is 2.53. The molecule has 1 aliphatic carbocycles. The van der Waals surface area contributed by atoms with Gasteiger partial charge < -0.3 is 4.57 Å². The number of fused-ring (bicyclic) bond motifs is 10. The number of rotatable bonds is 3. The molecule has 52 heavy (non-hydrogen) atoms. The van der Waals surface area contributed by atoms with Crippen LogP contribution >= 0.6 is 0 Å². The van der Waals surface area contributed by atoms with Crippen molar-refractivity contribution in [3.8, 4) is 39.5 Å². The van der Waals surface area contributed by atoms with E-state index in [1.54, 1.807) is 0 Å². The fourth-order valence-electron chi connectivity index (χ4n) is 8.85. The minimum atomic E-state index is -0.151. The van der Waals surface area contributed by atoms with Crippen molar-refractivity contribution in [3.63, 3.8) is 0 Å². The highest BCUT2D eigenvalue weighted by molar-refractivity contribution is 6.14. The predicted molar refractivity (Wildman–Crippen MR) is 217 cm³/mol. The summed E-state index contributed by atoms with van der Waals surface area (Å²) in [6.45, 7) is 4.76. The Balaban J connectivity index is 1.23. The lowest BCUT2D eigenvalue weighted by molar-refractivity contribution is 0.661. The average molecular weight is 664 g/mol. The summed E-state index contributed by atoms with van der Waals surface area (Å²) in [6.07, 6.45) is 0. The first-order chi connectivity index (χ1) is 25.5. The lowest BCUT2D eigenvalue weighted by Crippen LogP contribution is -2.15. The number of hydrogen-bond donors (Lipinski definition) is 0. The molecule has 8 aromatic carbocycles. The van der Waals surface area contributed by atoms with Crippen LogP contribution in [0.2, 0.25) is 0 Å². The number of benzene rings is 8. The van der Waals surface area contributed by atoms with Crippen molar-refractivity contribution in [1.29, 1.82) is 0 Å². The van der Waals surface area contributed by atoms with Gasteiger partial charge >= 0.3 is 0 Å². The fraction of sp³-hybridized carbons (Fsp3) is 0.0612. The molecule has 1 aliphatic rings. The monoisotopic (exact) mass is 663 g/mol. The summed E-state index contributed by atoms with van der Waals surface area (Å²) >= 11 is 0. The lowest BCUT2D eigenvalue weighted by atomic mass is 9.82. The Morgan fingerprint density at radius 3 is 2.00 bits per heavy atom. The maximum atomic E-state index is 5.29. The van der Waals surface area contributed by atoms with Gasteiger partial charge in [0.05, 0.1) is 27.9 Å². The molecule has 0 bridgehead atoms. The minimum Gasteiger partial charge on any atom is -0.309 e. The van der Waals surface area contributed by atoms with Crippen LogP contribution in [0.4, 0.5) is 0 Å². The van der Waals surface area contributed by atoms with Gasteiger partial charge in [-0.3, -0.25) is 0 Å². The molecule has 3 heteroatoms. The molecule has 0 saturated carbocycles. The second-order valence-corrected chi connectivity index (χ2v) is 14.6. The molecule has 0 N–H and O–H groups in total. The van der Waals surface area contributed by atoms with Gasteiger partial charge in [0.2, 0.25) is 0 Å². The standard InChI is InChI=1S/C49H33N3/c1-49(2)40-25-24-30-14-6-9-19-35(30)46(40)39-28-38-36-20-11-13-23-43(36)52(45(38)29-41(39)49)44-27-33(26-32-17-7-8-18-34(32)44)47-37-21-10-12-22-42(37)50-48(51-47)31-15-4-3-5-16-31/h3-29H,1-2H3. The zero-order valence-corrected chi connectivity index (χ0v) is 28.9. The van der Waals surface area contributed by atoms with E-state index < -0.39 is 0 Å². The molecule has 0 fully saturated rings. The third-order valence-electron chi connectivity index (χ3n) is 11.3. The van der Waals surface area contributed by atoms with Crippen LogP contribution in [0.15, 0.2) is 164 Å². The van der Waals surface area contributed by atoms with Crippen LogP contribution in [0.5, 0.6) is 0 Å². The second-order valence-electron chi connectivity index (χ2n) is 14.6.